The summed E-state index contributed by atoms with van der Waals surface area (Å²) < 4.78 is 84.1. The van der Waals surface area contributed by atoms with Gasteiger partial charge in [0, 0.05) is 10.6 Å². The fourth-order valence-corrected chi connectivity index (χ4v) is 1.90. The number of ether oxygens (including phenoxy) is 2. The van der Waals surface area contributed by atoms with Gasteiger partial charge in [0.15, 0.2) is 11.6 Å². The number of carbonyl (C=O) groups is 2. The molecule has 0 radical (unpaired) electrons. The van der Waals surface area contributed by atoms with Crippen molar-refractivity contribution in [3.63, 3.8) is 0 Å². The lowest BCUT2D eigenvalue weighted by atomic mass is 10.1. The van der Waals surface area contributed by atoms with Crippen LogP contribution in [0.4, 0.5) is 26.3 Å². The van der Waals surface area contributed by atoms with Gasteiger partial charge in [-0.15, -0.1) is 0 Å². The molecule has 0 saturated heterocycles. The molecule has 11 heteroatoms. The molecule has 0 aliphatic rings. The van der Waals surface area contributed by atoms with Gasteiger partial charge in [-0.25, -0.2) is 18.4 Å². The number of hydrogen-bond acceptors (Lipinski definition) is 4. The molecule has 0 atom stereocenters. The van der Waals surface area contributed by atoms with E-state index in [4.69, 9.17) is 11.6 Å². The molecule has 0 aromatic heterocycles. The lowest BCUT2D eigenvalue weighted by molar-refractivity contribution is -0.163. The van der Waals surface area contributed by atoms with Gasteiger partial charge in [-0.2, -0.15) is 17.6 Å². The van der Waals surface area contributed by atoms with E-state index in [0.717, 1.165) is 0 Å². The Bertz CT molecular complexity index is 860. The molecule has 2 aromatic rings. The quantitative estimate of drug-likeness (QED) is 0.366. The van der Waals surface area contributed by atoms with Crippen LogP contribution in [0.5, 0.6) is 5.75 Å². The molecule has 0 bridgehead atoms. The van der Waals surface area contributed by atoms with Crippen molar-refractivity contribution in [2.75, 3.05) is 6.61 Å². The highest BCUT2D eigenvalue weighted by Crippen LogP contribution is 2.31. The Morgan fingerprint density at radius 3 is 2.21 bits per heavy atom. The van der Waals surface area contributed by atoms with Crippen LogP contribution in [0.15, 0.2) is 42.5 Å². The van der Waals surface area contributed by atoms with Gasteiger partial charge in [0.25, 0.3) is 0 Å². The average molecular weight is 443 g/mol. The number of rotatable bonds is 5. The van der Waals surface area contributed by atoms with Crippen molar-refractivity contribution < 1.29 is 45.4 Å². The summed E-state index contributed by atoms with van der Waals surface area (Å²) in [6, 6.07) is 6.65. The molecule has 2 aromatic carbocycles. The summed E-state index contributed by atoms with van der Waals surface area (Å²) in [6.45, 7) is 1.48. The summed E-state index contributed by atoms with van der Waals surface area (Å²) in [5.41, 5.74) is -1.01. The largest absolute Gasteiger partial charge is 0.462 e. The van der Waals surface area contributed by atoms with E-state index in [1.54, 1.807) is 0 Å². The van der Waals surface area contributed by atoms with E-state index in [-0.39, 0.29) is 23.4 Å². The summed E-state index contributed by atoms with van der Waals surface area (Å²) in [4.78, 5) is 21.3. The maximum absolute atomic E-state index is 13.9. The molecule has 0 heterocycles. The Morgan fingerprint density at radius 2 is 1.72 bits per heavy atom. The lowest BCUT2D eigenvalue weighted by Gasteiger charge is -2.15. The fraction of sp³-hybridized carbons (Fsp3) is 0.222. The Morgan fingerprint density at radius 1 is 1.07 bits per heavy atom. The first-order valence-corrected chi connectivity index (χ1v) is 8.12. The van der Waals surface area contributed by atoms with E-state index in [1.165, 1.54) is 31.2 Å². The third kappa shape index (κ3) is 7.30. The third-order valence-electron chi connectivity index (χ3n) is 3.01. The molecular formula is C18H13ClF6O4. The molecule has 2 rings (SSSR count). The number of hydrogen-bond donors (Lipinski definition) is 0. The molecule has 0 unspecified atom stereocenters. The standard InChI is InChI=1S/C14H7ClF4O2.C4H6F2O2/c15-9-2-1-3-10(7-9)21-13(20)14(18,19)8-4-5-11(16)12(17)6-8;1-2-8-4(7)3(5)6/h1-7H;3H,2H2,1H3. The summed E-state index contributed by atoms with van der Waals surface area (Å²) >= 11 is 5.63. The smallest absolute Gasteiger partial charge is 0.387 e. The number of benzene rings is 2. The van der Waals surface area contributed by atoms with Crippen LogP contribution in [0.25, 0.3) is 0 Å². The molecular weight excluding hydrogens is 430 g/mol. The highest BCUT2D eigenvalue weighted by molar-refractivity contribution is 6.30. The van der Waals surface area contributed by atoms with Crippen molar-refractivity contribution >= 4 is 23.5 Å². The number of halogens is 7. The molecule has 0 amide bonds. The van der Waals surface area contributed by atoms with Crippen molar-refractivity contribution in [1.29, 1.82) is 0 Å². The molecule has 0 aliphatic heterocycles. The summed E-state index contributed by atoms with van der Waals surface area (Å²) in [6.07, 6.45) is -2.99. The van der Waals surface area contributed by atoms with Crippen LogP contribution in [0.3, 0.4) is 0 Å². The molecule has 0 fully saturated rings. The third-order valence-corrected chi connectivity index (χ3v) is 3.25. The average Bonchev–Trinajstić information content (AvgIpc) is 2.64. The van der Waals surface area contributed by atoms with Gasteiger partial charge >= 0.3 is 24.3 Å². The van der Waals surface area contributed by atoms with Gasteiger partial charge in [0.2, 0.25) is 0 Å². The minimum Gasteiger partial charge on any atom is -0.462 e. The van der Waals surface area contributed by atoms with Crippen molar-refractivity contribution in [1.82, 2.24) is 0 Å². The lowest BCUT2D eigenvalue weighted by Crippen LogP contribution is -2.30. The first kappa shape index (κ1) is 24.3. The number of alkyl halides is 4. The Hall–Kier alpha value is -2.75. The van der Waals surface area contributed by atoms with Crippen LogP contribution in [-0.2, 0) is 20.2 Å². The second kappa shape index (κ2) is 10.7. The fourth-order valence-electron chi connectivity index (χ4n) is 1.72. The first-order valence-electron chi connectivity index (χ1n) is 7.75. The second-order valence-electron chi connectivity index (χ2n) is 5.10. The van der Waals surface area contributed by atoms with Crippen molar-refractivity contribution in [3.05, 3.63) is 64.7 Å². The van der Waals surface area contributed by atoms with Crippen LogP contribution >= 0.6 is 11.6 Å². The van der Waals surface area contributed by atoms with Crippen LogP contribution in [0.2, 0.25) is 5.02 Å². The molecule has 4 nitrogen and oxygen atoms in total. The van der Waals surface area contributed by atoms with Crippen LogP contribution in [0.1, 0.15) is 12.5 Å². The zero-order valence-electron chi connectivity index (χ0n) is 14.6. The zero-order chi connectivity index (χ0) is 22.2. The van der Waals surface area contributed by atoms with Gasteiger partial charge in [-0.1, -0.05) is 17.7 Å². The summed E-state index contributed by atoms with van der Waals surface area (Å²) in [5, 5.41) is 0.191. The minimum absolute atomic E-state index is 0.00315. The highest BCUT2D eigenvalue weighted by Gasteiger charge is 2.43. The van der Waals surface area contributed by atoms with Crippen molar-refractivity contribution in [2.24, 2.45) is 0 Å². The highest BCUT2D eigenvalue weighted by atomic mass is 35.5. The minimum atomic E-state index is -4.13. The Labute approximate surface area is 166 Å². The topological polar surface area (TPSA) is 52.6 Å². The van der Waals surface area contributed by atoms with Crippen LogP contribution < -0.4 is 4.74 Å². The van der Waals surface area contributed by atoms with Gasteiger partial charge < -0.3 is 9.47 Å². The molecule has 0 aliphatic carbocycles. The zero-order valence-corrected chi connectivity index (χ0v) is 15.4. The normalized spacial score (nSPS) is 10.8. The van der Waals surface area contributed by atoms with Crippen LogP contribution in [0, 0.1) is 11.6 Å². The number of esters is 2. The maximum Gasteiger partial charge on any atom is 0.387 e. The van der Waals surface area contributed by atoms with Gasteiger partial charge in [-0.05, 0) is 43.3 Å². The van der Waals surface area contributed by atoms with Gasteiger partial charge in [-0.3, -0.25) is 0 Å². The van der Waals surface area contributed by atoms with Crippen LogP contribution in [-0.4, -0.2) is 25.0 Å². The number of carbonyl (C=O) groups excluding carboxylic acids is 2. The van der Waals surface area contributed by atoms with Crippen molar-refractivity contribution in [2.45, 2.75) is 19.3 Å². The van der Waals surface area contributed by atoms with E-state index < -0.39 is 41.5 Å². The predicted octanol–water partition coefficient (Wildman–Crippen LogP) is 5.13. The predicted molar refractivity (Wildman–Crippen MR) is 90.0 cm³/mol. The van der Waals surface area contributed by atoms with Gasteiger partial charge in [0.1, 0.15) is 5.75 Å². The van der Waals surface area contributed by atoms with E-state index in [0.29, 0.717) is 12.1 Å². The first-order chi connectivity index (χ1) is 13.5. The summed E-state index contributed by atoms with van der Waals surface area (Å²) in [5.74, 6) is -10.5. The second-order valence-corrected chi connectivity index (χ2v) is 5.54. The molecule has 158 valence electrons. The molecule has 0 saturated carbocycles. The summed E-state index contributed by atoms with van der Waals surface area (Å²) in [7, 11) is 0. The Kier molecular flexibility index (Phi) is 8.96. The van der Waals surface area contributed by atoms with Gasteiger partial charge in [0.05, 0.1) is 6.61 Å². The molecule has 0 N–H and O–H groups in total. The molecule has 0 spiro atoms. The van der Waals surface area contributed by atoms with Crippen molar-refractivity contribution in [3.8, 4) is 5.75 Å². The Balaban J connectivity index is 0.000000447. The van der Waals surface area contributed by atoms with E-state index in [2.05, 4.69) is 9.47 Å². The maximum atomic E-state index is 13.9. The van der Waals surface area contributed by atoms with E-state index >= 15 is 0 Å². The van der Waals surface area contributed by atoms with E-state index in [9.17, 15) is 35.9 Å². The van der Waals surface area contributed by atoms with E-state index in [1.807, 2.05) is 0 Å². The monoisotopic (exact) mass is 442 g/mol. The molecule has 29 heavy (non-hydrogen) atoms. The SMILES string of the molecule is CCOC(=O)C(F)F.O=C(Oc1cccc(Cl)c1)C(F)(F)c1ccc(F)c(F)c1.